The Morgan fingerprint density at radius 3 is 1.47 bits per heavy atom. The Bertz CT molecular complexity index is 3360. The molecular formula is C74H99F2IN13O2P. The molecule has 4 amide bonds. The second-order valence-corrected chi connectivity index (χ2v) is 31.6. The highest BCUT2D eigenvalue weighted by Crippen LogP contribution is 2.57. The van der Waals surface area contributed by atoms with E-state index in [9.17, 15) is 18.4 Å². The lowest BCUT2D eigenvalue weighted by molar-refractivity contribution is 0.101. The van der Waals surface area contributed by atoms with Gasteiger partial charge >= 0.3 is 12.1 Å². The van der Waals surface area contributed by atoms with Crippen molar-refractivity contribution < 1.29 is 18.4 Å². The number of aromatic nitrogens is 4. The normalized spacial score (nSPS) is 20.2. The molecule has 6 fully saturated rings. The zero-order chi connectivity index (χ0) is 65.1. The lowest BCUT2D eigenvalue weighted by Gasteiger charge is -2.45. The number of carbonyl (C=O) groups is 2. The van der Waals surface area contributed by atoms with E-state index < -0.39 is 0 Å². The third-order valence-corrected chi connectivity index (χ3v) is 25.4. The number of carbonyl (C=O) groups excluding carboxylic acids is 2. The summed E-state index contributed by atoms with van der Waals surface area (Å²) in [7, 11) is 11.3. The number of halogens is 3. The van der Waals surface area contributed by atoms with Gasteiger partial charge in [-0.25, -0.2) is 28.3 Å². The highest BCUT2D eigenvalue weighted by atomic mass is 127. The van der Waals surface area contributed by atoms with Crippen molar-refractivity contribution >= 4 is 70.8 Å². The van der Waals surface area contributed by atoms with Crippen LogP contribution in [0.5, 0.6) is 0 Å². The first-order valence-electron chi connectivity index (χ1n) is 34.4. The maximum atomic E-state index is 14.2. The number of benzene rings is 4. The van der Waals surface area contributed by atoms with Crippen LogP contribution in [0.1, 0.15) is 127 Å². The van der Waals surface area contributed by atoms with Crippen molar-refractivity contribution in [1.29, 1.82) is 0 Å². The zero-order valence-electron chi connectivity index (χ0n) is 55.9. The average Bonchev–Trinajstić information content (AvgIpc) is 1.61. The zero-order valence-corrected chi connectivity index (χ0v) is 59.0. The molecule has 19 heteroatoms. The number of fused-ring (bicyclic) bond motifs is 4. The van der Waals surface area contributed by atoms with Crippen molar-refractivity contribution in [2.24, 2.45) is 0 Å². The average molecular weight is 1400 g/mol. The predicted octanol–water partition coefficient (Wildman–Crippen LogP) is 13.8. The van der Waals surface area contributed by atoms with E-state index in [-0.39, 0.29) is 42.4 Å². The number of anilines is 4. The smallest absolute Gasteiger partial charge is 0.323 e. The van der Waals surface area contributed by atoms with Crippen molar-refractivity contribution in [1.82, 2.24) is 44.9 Å². The van der Waals surface area contributed by atoms with Gasteiger partial charge in [-0.1, -0.05) is 88.9 Å². The highest BCUT2D eigenvalue weighted by molar-refractivity contribution is 14.1. The maximum Gasteiger partial charge on any atom is 0.323 e. The second-order valence-electron chi connectivity index (χ2n) is 27.7. The van der Waals surface area contributed by atoms with Gasteiger partial charge in [-0.05, 0) is 215 Å². The number of amides is 4. The Morgan fingerprint density at radius 1 is 0.548 bits per heavy atom. The molecule has 4 aromatic carbocycles. The van der Waals surface area contributed by atoms with Crippen LogP contribution in [-0.4, -0.2) is 183 Å². The molecule has 8 heterocycles. The fourth-order valence-corrected chi connectivity index (χ4v) is 20.7. The molecule has 2 saturated carbocycles. The van der Waals surface area contributed by atoms with Gasteiger partial charge < -0.3 is 34.7 Å². The molecule has 4 saturated heterocycles. The Hall–Kier alpha value is -5.92. The van der Waals surface area contributed by atoms with Gasteiger partial charge in [-0.3, -0.25) is 19.8 Å². The standard InChI is InChI=1S/C26H36NP.C24H31FN6O.C20H29FN4O.C4H3IN2/c1-27(2)25-19-11-9-17-23(25)24-18-10-12-20-26(24)28(21-13-5-3-6-14-21)22-15-7-4-8-16-22;1-28(2)23(32)31-17-24(20-15-18(25)3-4-21(20)31)7-13-29(14-8-24)19-5-11-30(12-6-19)22-16-26-9-10-27-22;1-23(2)19(26)25-14-20(17-13-15(21)3-4-18(17)25)7-11-24(12-8-20)16-5-9-22-10-6-16;5-4-3-6-1-2-7-4/h9-12,17-22H,3-8,13-16H2,1-2H3;3-4,9-10,15-16,19H,5-8,11-14,17H2,1-2H3;3-4,13,16,22H,5-12,14H2,1-2H3;1-3H. The summed E-state index contributed by atoms with van der Waals surface area (Å²) in [5, 5.41) is 5.13. The minimum absolute atomic E-state index is 0.0180. The van der Waals surface area contributed by atoms with E-state index in [1.165, 1.54) is 106 Å². The van der Waals surface area contributed by atoms with E-state index in [4.69, 9.17) is 0 Å². The lowest BCUT2D eigenvalue weighted by atomic mass is 9.74. The van der Waals surface area contributed by atoms with Crippen LogP contribution in [0.3, 0.4) is 0 Å². The summed E-state index contributed by atoms with van der Waals surface area (Å²) in [6, 6.07) is 29.4. The molecule has 14 rings (SSSR count). The van der Waals surface area contributed by atoms with Crippen LogP contribution in [0.4, 0.5) is 41.2 Å². The van der Waals surface area contributed by atoms with Crippen LogP contribution >= 0.6 is 30.5 Å². The number of likely N-dealkylation sites (tertiary alicyclic amines) is 2. The third-order valence-electron chi connectivity index (χ3n) is 21.3. The van der Waals surface area contributed by atoms with Gasteiger partial charge in [0.25, 0.3) is 0 Å². The molecule has 8 aliphatic rings. The summed E-state index contributed by atoms with van der Waals surface area (Å²) < 4.78 is 29.1. The lowest BCUT2D eigenvalue weighted by Crippen LogP contribution is -2.52. The van der Waals surface area contributed by atoms with Crippen molar-refractivity contribution in [3.05, 3.63) is 149 Å². The number of hydrogen-bond acceptors (Lipinski definition) is 11. The largest absolute Gasteiger partial charge is 0.377 e. The van der Waals surface area contributed by atoms with Crippen molar-refractivity contribution in [3.8, 4) is 11.1 Å². The molecule has 6 aliphatic heterocycles. The quantitative estimate of drug-likeness (QED) is 0.116. The maximum absolute atomic E-state index is 14.2. The van der Waals surface area contributed by atoms with Crippen LogP contribution in [-0.2, 0) is 10.8 Å². The van der Waals surface area contributed by atoms with E-state index in [2.05, 4.69) is 130 Å². The fourth-order valence-electron chi connectivity index (χ4n) is 16.4. The number of piperidine rings is 4. The van der Waals surface area contributed by atoms with Crippen molar-refractivity contribution in [2.75, 3.05) is 127 Å². The van der Waals surface area contributed by atoms with Crippen LogP contribution in [0.25, 0.3) is 11.1 Å². The van der Waals surface area contributed by atoms with Gasteiger partial charge in [0, 0.05) is 139 Å². The predicted molar refractivity (Wildman–Crippen MR) is 385 cm³/mol. The molecule has 0 atom stereocenters. The highest BCUT2D eigenvalue weighted by Gasteiger charge is 2.49. The molecule has 0 bridgehead atoms. The molecule has 498 valence electrons. The second kappa shape index (κ2) is 31.8. The molecule has 2 spiro atoms. The Labute approximate surface area is 567 Å². The molecule has 15 nitrogen and oxygen atoms in total. The number of para-hydroxylation sites is 1. The van der Waals surface area contributed by atoms with Crippen LogP contribution in [0.15, 0.2) is 122 Å². The summed E-state index contributed by atoms with van der Waals surface area (Å²) in [4.78, 5) is 58.5. The molecule has 0 unspecified atom stereocenters. The van der Waals surface area contributed by atoms with Gasteiger partial charge in [-0.2, -0.15) is 0 Å². The van der Waals surface area contributed by atoms with Crippen LogP contribution in [0.2, 0.25) is 0 Å². The van der Waals surface area contributed by atoms with E-state index >= 15 is 0 Å². The number of hydrogen-bond donors (Lipinski definition) is 1. The van der Waals surface area contributed by atoms with Gasteiger partial charge in [-0.15, -0.1) is 0 Å². The van der Waals surface area contributed by atoms with Crippen LogP contribution < -0.4 is 30.2 Å². The Kier molecular flexibility index (Phi) is 23.4. The molecule has 6 aromatic rings. The Balaban J connectivity index is 0.000000136. The number of nitrogens with zero attached hydrogens (tertiary/aromatic N) is 12. The monoisotopic (exact) mass is 1400 g/mol. The van der Waals surface area contributed by atoms with Crippen LogP contribution in [0, 0.1) is 15.3 Å². The van der Waals surface area contributed by atoms with Gasteiger partial charge in [0.1, 0.15) is 21.2 Å². The first kappa shape index (κ1) is 68.5. The van der Waals surface area contributed by atoms with Gasteiger partial charge in [0.2, 0.25) is 0 Å². The summed E-state index contributed by atoms with van der Waals surface area (Å²) in [6.07, 6.45) is 33.4. The topological polar surface area (TPSA) is 124 Å². The molecule has 2 aliphatic carbocycles. The fraction of sp³-hybridized carbons (Fsp3) is 0.541. The van der Waals surface area contributed by atoms with Gasteiger partial charge in [0.15, 0.2) is 0 Å². The Morgan fingerprint density at radius 2 is 1.02 bits per heavy atom. The SMILES string of the molecule is CN(C)C(=O)N1CC2(CCN(C3CCN(c4cnccn4)CC3)CC2)c2cc(F)ccc21.CN(C)C(=O)N1CC2(CCN(C3CCNCC3)CC2)c2cc(F)ccc21.CN(C)c1ccccc1-c1ccccc1P(C1CCCCC1)C1CCCCC1.Ic1cnccn1. The third kappa shape index (κ3) is 16.2. The van der Waals surface area contributed by atoms with Crippen molar-refractivity contribution in [2.45, 2.75) is 150 Å². The first-order valence-corrected chi connectivity index (χ1v) is 37.0. The molecule has 0 radical (unpaired) electrons. The van der Waals surface area contributed by atoms with Gasteiger partial charge in [0.05, 0.1) is 12.4 Å². The number of nitrogens with one attached hydrogen (secondary N) is 1. The summed E-state index contributed by atoms with van der Waals surface area (Å²) in [6.45, 7) is 9.52. The van der Waals surface area contributed by atoms with E-state index in [0.29, 0.717) is 25.2 Å². The molecule has 93 heavy (non-hydrogen) atoms. The molecular weight excluding hydrogens is 1300 g/mol. The first-order chi connectivity index (χ1) is 45.1. The van der Waals surface area contributed by atoms with E-state index in [1.807, 2.05) is 16.0 Å². The minimum atomic E-state index is -0.221. The summed E-state index contributed by atoms with van der Waals surface area (Å²) >= 11 is 2.11. The van der Waals surface area contributed by atoms with E-state index in [1.54, 1.807) is 98.5 Å². The van der Waals surface area contributed by atoms with E-state index in [0.717, 1.165) is 134 Å². The molecule has 2 aromatic heterocycles. The number of urea groups is 2. The number of rotatable bonds is 8. The van der Waals surface area contributed by atoms with Crippen molar-refractivity contribution in [3.63, 3.8) is 0 Å². The summed E-state index contributed by atoms with van der Waals surface area (Å²) in [5.74, 6) is 0.530. The summed E-state index contributed by atoms with van der Waals surface area (Å²) in [5.41, 5.74) is 9.69. The minimum Gasteiger partial charge on any atom is -0.377 e. The molecule has 1 N–H and O–H groups in total.